The van der Waals surface area contributed by atoms with Gasteiger partial charge in [0.15, 0.2) is 0 Å². The van der Waals surface area contributed by atoms with Crippen LogP contribution >= 0.6 is 0 Å². The molecule has 0 aromatic carbocycles. The van der Waals surface area contributed by atoms with E-state index in [9.17, 15) is 19.5 Å². The fraction of sp³-hybridized carbons (Fsp3) is 0.773. The summed E-state index contributed by atoms with van der Waals surface area (Å²) in [6.07, 6.45) is 12.5. The van der Waals surface area contributed by atoms with Crippen molar-refractivity contribution in [3.05, 3.63) is 12.2 Å². The Morgan fingerprint density at radius 2 is 1.68 bits per heavy atom. The molecule has 0 aromatic rings. The highest BCUT2D eigenvalue weighted by molar-refractivity contribution is 5.79. The first kappa shape index (κ1) is 26.1. The minimum atomic E-state index is -0.954. The molecular formula is C22H38O6. The Labute approximate surface area is 169 Å². The summed E-state index contributed by atoms with van der Waals surface area (Å²) in [7, 11) is 1.40. The van der Waals surface area contributed by atoms with Crippen LogP contribution < -0.4 is 0 Å². The molecule has 162 valence electrons. The molecule has 0 saturated heterocycles. The highest BCUT2D eigenvalue weighted by Crippen LogP contribution is 2.23. The van der Waals surface area contributed by atoms with E-state index in [1.807, 2.05) is 19.1 Å². The first-order valence-corrected chi connectivity index (χ1v) is 10.6. The average Bonchev–Trinajstić information content (AvgIpc) is 2.68. The molecule has 0 aliphatic heterocycles. The van der Waals surface area contributed by atoms with Crippen LogP contribution in [0.1, 0.15) is 84.5 Å². The van der Waals surface area contributed by atoms with Gasteiger partial charge in [0.1, 0.15) is 0 Å². The van der Waals surface area contributed by atoms with Crippen LogP contribution in [0, 0.1) is 11.8 Å². The van der Waals surface area contributed by atoms with E-state index in [1.54, 1.807) is 0 Å². The Kier molecular flexibility index (Phi) is 16.1. The molecule has 1 N–H and O–H groups in total. The van der Waals surface area contributed by atoms with E-state index in [0.717, 1.165) is 51.4 Å². The second-order valence-corrected chi connectivity index (χ2v) is 7.11. The minimum Gasteiger partial charge on any atom is -0.481 e. The van der Waals surface area contributed by atoms with Crippen molar-refractivity contribution in [2.24, 2.45) is 11.8 Å². The second-order valence-electron chi connectivity index (χ2n) is 7.11. The molecule has 0 spiro atoms. The van der Waals surface area contributed by atoms with Crippen molar-refractivity contribution in [2.45, 2.75) is 84.5 Å². The number of allylic oxidation sites excluding steroid dienone is 2. The monoisotopic (exact) mass is 398 g/mol. The van der Waals surface area contributed by atoms with Crippen molar-refractivity contribution in [1.29, 1.82) is 0 Å². The Hall–Kier alpha value is -1.85. The van der Waals surface area contributed by atoms with Crippen molar-refractivity contribution >= 4 is 17.9 Å². The zero-order valence-corrected chi connectivity index (χ0v) is 17.8. The molecule has 6 nitrogen and oxygen atoms in total. The van der Waals surface area contributed by atoms with E-state index < -0.39 is 17.9 Å². The molecule has 0 rings (SSSR count). The number of hydrogen-bond donors (Lipinski definition) is 1. The van der Waals surface area contributed by atoms with E-state index in [2.05, 4.69) is 11.7 Å². The number of aliphatic carboxylic acids is 1. The number of ether oxygens (including phenoxy) is 2. The average molecular weight is 399 g/mol. The molecule has 0 fully saturated rings. The fourth-order valence-electron chi connectivity index (χ4n) is 3.01. The van der Waals surface area contributed by atoms with Crippen LogP contribution in [0.2, 0.25) is 0 Å². The number of rotatable bonds is 17. The van der Waals surface area contributed by atoms with Crippen molar-refractivity contribution in [3.8, 4) is 0 Å². The van der Waals surface area contributed by atoms with Crippen LogP contribution in [0.15, 0.2) is 12.2 Å². The predicted molar refractivity (Wildman–Crippen MR) is 109 cm³/mol. The van der Waals surface area contributed by atoms with Gasteiger partial charge >= 0.3 is 17.9 Å². The molecule has 0 amide bonds. The maximum atomic E-state index is 11.9. The summed E-state index contributed by atoms with van der Waals surface area (Å²) < 4.78 is 9.77. The maximum Gasteiger partial charge on any atom is 0.307 e. The van der Waals surface area contributed by atoms with Crippen LogP contribution in [0.3, 0.4) is 0 Å². The van der Waals surface area contributed by atoms with Gasteiger partial charge < -0.3 is 14.6 Å². The topological polar surface area (TPSA) is 89.9 Å². The zero-order valence-electron chi connectivity index (χ0n) is 17.8. The van der Waals surface area contributed by atoms with E-state index in [1.165, 1.54) is 7.11 Å². The quantitative estimate of drug-likeness (QED) is 0.213. The van der Waals surface area contributed by atoms with Crippen LogP contribution in [-0.4, -0.2) is 36.7 Å². The van der Waals surface area contributed by atoms with Crippen LogP contribution in [0.4, 0.5) is 0 Å². The predicted octanol–water partition coefficient (Wildman–Crippen LogP) is 4.91. The number of carboxylic acid groups (broad SMARTS) is 1. The molecule has 2 atom stereocenters. The molecule has 0 aliphatic carbocycles. The van der Waals surface area contributed by atoms with Gasteiger partial charge in [0.05, 0.1) is 26.1 Å². The second kappa shape index (κ2) is 17.3. The molecule has 0 bridgehead atoms. The zero-order chi connectivity index (χ0) is 21.2. The number of carboxylic acids is 1. The van der Waals surface area contributed by atoms with Gasteiger partial charge in [0.25, 0.3) is 0 Å². The summed E-state index contributed by atoms with van der Waals surface area (Å²) in [5, 5.41) is 9.52. The molecule has 2 unspecified atom stereocenters. The van der Waals surface area contributed by atoms with Gasteiger partial charge in [-0.2, -0.15) is 0 Å². The van der Waals surface area contributed by atoms with E-state index in [0.29, 0.717) is 19.4 Å². The number of unbranched alkanes of at least 4 members (excludes halogenated alkanes) is 6. The fourth-order valence-corrected chi connectivity index (χ4v) is 3.01. The van der Waals surface area contributed by atoms with E-state index in [-0.39, 0.29) is 18.3 Å². The van der Waals surface area contributed by atoms with Crippen molar-refractivity contribution in [1.82, 2.24) is 0 Å². The third-order valence-corrected chi connectivity index (χ3v) is 4.82. The van der Waals surface area contributed by atoms with Gasteiger partial charge in [-0.05, 0) is 38.0 Å². The molecule has 0 radical (unpaired) electrons. The standard InChI is InChI=1S/C22H38O6/c1-4-6-13-16-28-21(24)17-19(22(25)26)18(5-2)14-11-9-7-8-10-12-15-20(23)27-3/h11,14,18-19H,4-10,12-13,15-17H2,1-3H3,(H,25,26). The number of hydrogen-bond acceptors (Lipinski definition) is 5. The Balaban J connectivity index is 4.26. The molecule has 0 heterocycles. The van der Waals surface area contributed by atoms with Crippen LogP contribution in [-0.2, 0) is 23.9 Å². The lowest BCUT2D eigenvalue weighted by Gasteiger charge is -2.19. The van der Waals surface area contributed by atoms with Crippen LogP contribution in [0.5, 0.6) is 0 Å². The van der Waals surface area contributed by atoms with Gasteiger partial charge in [-0.15, -0.1) is 0 Å². The third-order valence-electron chi connectivity index (χ3n) is 4.82. The minimum absolute atomic E-state index is 0.0855. The largest absolute Gasteiger partial charge is 0.481 e. The molecule has 28 heavy (non-hydrogen) atoms. The normalized spacial score (nSPS) is 13.2. The number of carbonyl (C=O) groups excluding carboxylic acids is 2. The first-order valence-electron chi connectivity index (χ1n) is 10.6. The highest BCUT2D eigenvalue weighted by Gasteiger charge is 2.28. The van der Waals surface area contributed by atoms with Crippen LogP contribution in [0.25, 0.3) is 0 Å². The Morgan fingerprint density at radius 1 is 0.964 bits per heavy atom. The summed E-state index contributed by atoms with van der Waals surface area (Å²) >= 11 is 0. The van der Waals surface area contributed by atoms with Crippen molar-refractivity contribution in [3.63, 3.8) is 0 Å². The molecule has 0 aromatic heterocycles. The lowest BCUT2D eigenvalue weighted by Crippen LogP contribution is -2.26. The summed E-state index contributed by atoms with van der Waals surface area (Å²) in [5.41, 5.74) is 0. The number of carbonyl (C=O) groups is 3. The lowest BCUT2D eigenvalue weighted by atomic mass is 9.87. The smallest absolute Gasteiger partial charge is 0.307 e. The summed E-state index contributed by atoms with van der Waals surface area (Å²) in [4.78, 5) is 34.6. The number of esters is 2. The SMILES string of the molecule is CCCCCOC(=O)CC(C(=O)O)C(C=CCCCCCCC(=O)OC)CC. The summed E-state index contributed by atoms with van der Waals surface area (Å²) in [6, 6.07) is 0. The summed E-state index contributed by atoms with van der Waals surface area (Å²) in [6.45, 7) is 4.37. The van der Waals surface area contributed by atoms with Gasteiger partial charge in [-0.1, -0.05) is 51.7 Å². The van der Waals surface area contributed by atoms with Gasteiger partial charge in [-0.3, -0.25) is 14.4 Å². The molecule has 6 heteroatoms. The summed E-state index contributed by atoms with van der Waals surface area (Å²) in [5.74, 6) is -2.49. The third kappa shape index (κ3) is 13.3. The molecular weight excluding hydrogens is 360 g/mol. The van der Waals surface area contributed by atoms with Crippen molar-refractivity contribution in [2.75, 3.05) is 13.7 Å². The number of methoxy groups -OCH3 is 1. The Morgan fingerprint density at radius 3 is 2.29 bits per heavy atom. The van der Waals surface area contributed by atoms with Gasteiger partial charge in [0.2, 0.25) is 0 Å². The van der Waals surface area contributed by atoms with Gasteiger partial charge in [0, 0.05) is 6.42 Å². The Bertz CT molecular complexity index is 472. The molecule has 0 aliphatic rings. The lowest BCUT2D eigenvalue weighted by molar-refractivity contribution is -0.152. The van der Waals surface area contributed by atoms with Crippen molar-refractivity contribution < 1.29 is 29.0 Å². The first-order chi connectivity index (χ1) is 13.5. The molecule has 0 saturated carbocycles. The van der Waals surface area contributed by atoms with E-state index >= 15 is 0 Å². The maximum absolute atomic E-state index is 11.9. The van der Waals surface area contributed by atoms with E-state index in [4.69, 9.17) is 4.74 Å². The highest BCUT2D eigenvalue weighted by atomic mass is 16.5. The van der Waals surface area contributed by atoms with Gasteiger partial charge in [-0.25, -0.2) is 0 Å².